The van der Waals surface area contributed by atoms with Crippen molar-refractivity contribution in [2.75, 3.05) is 20.1 Å². The van der Waals surface area contributed by atoms with Crippen molar-refractivity contribution < 1.29 is 13.6 Å². The maximum Gasteiger partial charge on any atom is 0.229 e. The summed E-state index contributed by atoms with van der Waals surface area (Å²) in [6, 6.07) is 3.42. The topological polar surface area (TPSA) is 32.3 Å². The van der Waals surface area contributed by atoms with Crippen molar-refractivity contribution in [1.29, 1.82) is 0 Å². The molecule has 0 radical (unpaired) electrons. The molecule has 1 aliphatic rings. The minimum Gasteiger partial charge on any atom is -0.341 e. The lowest BCUT2D eigenvalue weighted by Crippen LogP contribution is -2.41. The summed E-state index contributed by atoms with van der Waals surface area (Å²) in [6.45, 7) is 3.52. The molecule has 5 heteroatoms. The zero-order chi connectivity index (χ0) is 14.0. The van der Waals surface area contributed by atoms with Crippen molar-refractivity contribution in [3.63, 3.8) is 0 Å². The predicted octanol–water partition coefficient (Wildman–Crippen LogP) is 1.92. The van der Waals surface area contributed by atoms with E-state index in [1.54, 1.807) is 7.05 Å². The highest BCUT2D eigenvalue weighted by Gasteiger charge is 2.38. The van der Waals surface area contributed by atoms with E-state index < -0.39 is 17.0 Å². The first-order chi connectivity index (χ1) is 8.92. The molecule has 1 heterocycles. The molecule has 1 aliphatic heterocycles. The van der Waals surface area contributed by atoms with Gasteiger partial charge < -0.3 is 10.2 Å². The molecule has 0 aromatic heterocycles. The second-order valence-corrected chi connectivity index (χ2v) is 5.38. The largest absolute Gasteiger partial charge is 0.341 e. The maximum absolute atomic E-state index is 13.6. The number of halogens is 2. The molecule has 3 nitrogen and oxygen atoms in total. The zero-order valence-corrected chi connectivity index (χ0v) is 11.2. The fraction of sp³-hybridized carbons (Fsp3) is 0.500. The molecule has 19 heavy (non-hydrogen) atoms. The average molecular weight is 268 g/mol. The van der Waals surface area contributed by atoms with Crippen LogP contribution in [-0.2, 0) is 11.3 Å². The van der Waals surface area contributed by atoms with Crippen LogP contribution in [-0.4, -0.2) is 30.9 Å². The van der Waals surface area contributed by atoms with Gasteiger partial charge in [0.1, 0.15) is 11.6 Å². The van der Waals surface area contributed by atoms with E-state index in [9.17, 15) is 13.6 Å². The molecule has 0 spiro atoms. The van der Waals surface area contributed by atoms with Crippen LogP contribution in [0.4, 0.5) is 8.78 Å². The zero-order valence-electron chi connectivity index (χ0n) is 11.2. The van der Waals surface area contributed by atoms with Gasteiger partial charge in [-0.05, 0) is 26.0 Å². The van der Waals surface area contributed by atoms with E-state index in [-0.39, 0.29) is 12.5 Å². The summed E-state index contributed by atoms with van der Waals surface area (Å²) in [5.41, 5.74) is -0.0996. The summed E-state index contributed by atoms with van der Waals surface area (Å²) in [6.07, 6.45) is 0.780. The SMILES string of the molecule is CN(Cc1ccc(F)cc1F)C(=O)C1(C)CCNC1. The monoisotopic (exact) mass is 268 g/mol. The summed E-state index contributed by atoms with van der Waals surface area (Å²) in [5.74, 6) is -1.24. The van der Waals surface area contributed by atoms with Gasteiger partial charge in [-0.25, -0.2) is 8.78 Å². The molecule has 104 valence electrons. The van der Waals surface area contributed by atoms with Gasteiger partial charge in [-0.2, -0.15) is 0 Å². The van der Waals surface area contributed by atoms with E-state index in [4.69, 9.17) is 0 Å². The van der Waals surface area contributed by atoms with E-state index >= 15 is 0 Å². The molecule has 2 rings (SSSR count). The van der Waals surface area contributed by atoms with Crippen molar-refractivity contribution in [2.45, 2.75) is 19.9 Å². The number of rotatable bonds is 3. The molecule has 1 amide bonds. The third-order valence-electron chi connectivity index (χ3n) is 3.65. The summed E-state index contributed by atoms with van der Waals surface area (Å²) < 4.78 is 26.4. The van der Waals surface area contributed by atoms with E-state index in [1.807, 2.05) is 6.92 Å². The number of nitrogens with one attached hydrogen (secondary N) is 1. The minimum atomic E-state index is -0.616. The Morgan fingerprint density at radius 2 is 2.21 bits per heavy atom. The maximum atomic E-state index is 13.6. The molecule has 1 aromatic rings. The summed E-state index contributed by atoms with van der Waals surface area (Å²) in [4.78, 5) is 13.8. The number of benzene rings is 1. The number of amides is 1. The molecule has 1 atom stereocenters. The van der Waals surface area contributed by atoms with Crippen LogP contribution in [0.15, 0.2) is 18.2 Å². The molecule has 0 saturated carbocycles. The lowest BCUT2D eigenvalue weighted by molar-refractivity contribution is -0.139. The van der Waals surface area contributed by atoms with E-state index in [0.29, 0.717) is 12.1 Å². The van der Waals surface area contributed by atoms with Crippen molar-refractivity contribution in [1.82, 2.24) is 10.2 Å². The lowest BCUT2D eigenvalue weighted by Gasteiger charge is -2.28. The molecule has 1 N–H and O–H groups in total. The van der Waals surface area contributed by atoms with Crippen LogP contribution in [0.3, 0.4) is 0 Å². The summed E-state index contributed by atoms with van der Waals surface area (Å²) in [7, 11) is 1.65. The molecule has 0 bridgehead atoms. The number of hydrogen-bond donors (Lipinski definition) is 1. The molecular formula is C14H18F2N2O. The van der Waals surface area contributed by atoms with Gasteiger partial charge in [-0.1, -0.05) is 6.07 Å². The third kappa shape index (κ3) is 2.92. The highest BCUT2D eigenvalue weighted by atomic mass is 19.1. The van der Waals surface area contributed by atoms with Crippen LogP contribution in [0, 0.1) is 17.0 Å². The highest BCUT2D eigenvalue weighted by molar-refractivity contribution is 5.82. The van der Waals surface area contributed by atoms with Crippen LogP contribution in [0.25, 0.3) is 0 Å². The third-order valence-corrected chi connectivity index (χ3v) is 3.65. The van der Waals surface area contributed by atoms with Crippen LogP contribution in [0.2, 0.25) is 0 Å². The molecule has 1 fully saturated rings. The second-order valence-electron chi connectivity index (χ2n) is 5.38. The van der Waals surface area contributed by atoms with Gasteiger partial charge in [0, 0.05) is 31.8 Å². The van der Waals surface area contributed by atoms with E-state index in [1.165, 1.54) is 17.0 Å². The predicted molar refractivity (Wildman–Crippen MR) is 68.4 cm³/mol. The minimum absolute atomic E-state index is 0.0128. The average Bonchev–Trinajstić information content (AvgIpc) is 2.80. The first-order valence-electron chi connectivity index (χ1n) is 6.32. The van der Waals surface area contributed by atoms with E-state index in [2.05, 4.69) is 5.32 Å². The van der Waals surface area contributed by atoms with Gasteiger partial charge in [-0.3, -0.25) is 4.79 Å². The second kappa shape index (κ2) is 5.25. The van der Waals surface area contributed by atoms with Gasteiger partial charge in [0.25, 0.3) is 0 Å². The molecule has 1 unspecified atom stereocenters. The quantitative estimate of drug-likeness (QED) is 0.908. The van der Waals surface area contributed by atoms with Gasteiger partial charge in [0.05, 0.1) is 5.41 Å². The Balaban J connectivity index is 2.08. The van der Waals surface area contributed by atoms with Crippen LogP contribution in [0.1, 0.15) is 18.9 Å². The molecule has 1 aromatic carbocycles. The number of nitrogens with zero attached hydrogens (tertiary/aromatic N) is 1. The number of carbonyl (C=O) groups is 1. The Kier molecular flexibility index (Phi) is 3.85. The van der Waals surface area contributed by atoms with Crippen LogP contribution in [0.5, 0.6) is 0 Å². The molecule has 0 aliphatic carbocycles. The summed E-state index contributed by atoms with van der Waals surface area (Å²) >= 11 is 0. The standard InChI is InChI=1S/C14H18F2N2O/c1-14(5-6-17-9-14)13(19)18(2)8-10-3-4-11(15)7-12(10)16/h3-4,7,17H,5-6,8-9H2,1-2H3. The van der Waals surface area contributed by atoms with Crippen molar-refractivity contribution in [2.24, 2.45) is 5.41 Å². The van der Waals surface area contributed by atoms with Gasteiger partial charge >= 0.3 is 0 Å². The Morgan fingerprint density at radius 1 is 1.47 bits per heavy atom. The molecule has 1 saturated heterocycles. The lowest BCUT2D eigenvalue weighted by atomic mass is 9.88. The fourth-order valence-electron chi connectivity index (χ4n) is 2.44. The normalized spacial score (nSPS) is 22.5. The number of carbonyl (C=O) groups excluding carboxylic acids is 1. The van der Waals surface area contributed by atoms with Crippen molar-refractivity contribution in [3.8, 4) is 0 Å². The summed E-state index contributed by atoms with van der Waals surface area (Å²) in [5, 5.41) is 3.16. The van der Waals surface area contributed by atoms with Crippen LogP contribution < -0.4 is 5.32 Å². The Labute approximate surface area is 111 Å². The smallest absolute Gasteiger partial charge is 0.229 e. The van der Waals surface area contributed by atoms with Gasteiger partial charge in [0.15, 0.2) is 0 Å². The Bertz CT molecular complexity index is 484. The van der Waals surface area contributed by atoms with Gasteiger partial charge in [0.2, 0.25) is 5.91 Å². The first kappa shape index (κ1) is 13.9. The number of hydrogen-bond acceptors (Lipinski definition) is 2. The van der Waals surface area contributed by atoms with Crippen molar-refractivity contribution >= 4 is 5.91 Å². The Hall–Kier alpha value is -1.49. The highest BCUT2D eigenvalue weighted by Crippen LogP contribution is 2.27. The fourth-order valence-corrected chi connectivity index (χ4v) is 2.44. The van der Waals surface area contributed by atoms with Gasteiger partial charge in [-0.15, -0.1) is 0 Å². The first-order valence-corrected chi connectivity index (χ1v) is 6.32. The molecular weight excluding hydrogens is 250 g/mol. The Morgan fingerprint density at radius 3 is 2.79 bits per heavy atom. The van der Waals surface area contributed by atoms with Crippen molar-refractivity contribution in [3.05, 3.63) is 35.4 Å². The van der Waals surface area contributed by atoms with E-state index in [0.717, 1.165) is 19.0 Å². The van der Waals surface area contributed by atoms with Crippen LogP contribution >= 0.6 is 0 Å².